The van der Waals surface area contributed by atoms with E-state index in [-0.39, 0.29) is 11.9 Å². The maximum Gasteiger partial charge on any atom is 0.242 e. The minimum atomic E-state index is -0.323. The summed E-state index contributed by atoms with van der Waals surface area (Å²) in [7, 11) is 0. The lowest BCUT2D eigenvalue weighted by atomic mass is 10.1. The predicted molar refractivity (Wildman–Crippen MR) is 82.0 cm³/mol. The molecular formula is C14H21N3OS. The van der Waals surface area contributed by atoms with Gasteiger partial charge < -0.3 is 16.0 Å². The molecule has 19 heavy (non-hydrogen) atoms. The summed E-state index contributed by atoms with van der Waals surface area (Å²) in [5.74, 6) is -0.0466. The SMILES string of the molecule is CCNC(=O)[C@@H](C)NC(=S)NCCc1ccccc1. The minimum Gasteiger partial charge on any atom is -0.362 e. The molecule has 1 atom stereocenters. The van der Waals surface area contributed by atoms with Gasteiger partial charge in [0.15, 0.2) is 5.11 Å². The Morgan fingerprint density at radius 1 is 1.26 bits per heavy atom. The average Bonchev–Trinajstić information content (AvgIpc) is 2.40. The number of hydrogen-bond donors (Lipinski definition) is 3. The molecule has 1 amide bonds. The molecule has 0 bridgehead atoms. The van der Waals surface area contributed by atoms with Crippen molar-refractivity contribution in [3.8, 4) is 0 Å². The summed E-state index contributed by atoms with van der Waals surface area (Å²) >= 11 is 5.15. The van der Waals surface area contributed by atoms with Gasteiger partial charge in [-0.15, -0.1) is 0 Å². The first-order valence-electron chi connectivity index (χ1n) is 6.49. The number of amides is 1. The van der Waals surface area contributed by atoms with Crippen molar-refractivity contribution < 1.29 is 4.79 Å². The van der Waals surface area contributed by atoms with Gasteiger partial charge in [0, 0.05) is 13.1 Å². The van der Waals surface area contributed by atoms with Crippen molar-refractivity contribution in [2.45, 2.75) is 26.3 Å². The number of thiocarbonyl (C=S) groups is 1. The Morgan fingerprint density at radius 3 is 2.58 bits per heavy atom. The number of carbonyl (C=O) groups excluding carboxylic acids is 1. The highest BCUT2D eigenvalue weighted by molar-refractivity contribution is 7.80. The third kappa shape index (κ3) is 6.20. The maximum atomic E-state index is 11.5. The van der Waals surface area contributed by atoms with Crippen LogP contribution >= 0.6 is 12.2 Å². The fourth-order valence-corrected chi connectivity index (χ4v) is 1.88. The fourth-order valence-electron chi connectivity index (χ4n) is 1.61. The van der Waals surface area contributed by atoms with Crippen molar-refractivity contribution in [3.05, 3.63) is 35.9 Å². The largest absolute Gasteiger partial charge is 0.362 e. The van der Waals surface area contributed by atoms with Crippen molar-refractivity contribution in [2.24, 2.45) is 0 Å². The van der Waals surface area contributed by atoms with Gasteiger partial charge in [0.05, 0.1) is 0 Å². The van der Waals surface area contributed by atoms with E-state index in [1.54, 1.807) is 6.92 Å². The molecule has 0 aromatic heterocycles. The van der Waals surface area contributed by atoms with Crippen molar-refractivity contribution in [2.75, 3.05) is 13.1 Å². The molecule has 3 N–H and O–H groups in total. The number of likely N-dealkylation sites (N-methyl/N-ethyl adjacent to an activating group) is 1. The quantitative estimate of drug-likeness (QED) is 0.685. The van der Waals surface area contributed by atoms with E-state index in [0.717, 1.165) is 13.0 Å². The molecule has 104 valence electrons. The fraction of sp³-hybridized carbons (Fsp3) is 0.429. The number of benzene rings is 1. The standard InChI is InChI=1S/C14H21N3OS/c1-3-15-13(18)11(2)17-14(19)16-10-9-12-7-5-4-6-8-12/h4-8,11H,3,9-10H2,1-2H3,(H,15,18)(H2,16,17,19)/t11-/m1/s1. The van der Waals surface area contributed by atoms with Crippen LogP contribution in [0.4, 0.5) is 0 Å². The molecule has 5 heteroatoms. The minimum absolute atomic E-state index is 0.0466. The molecule has 0 aliphatic rings. The van der Waals surface area contributed by atoms with Gasteiger partial charge in [-0.05, 0) is 38.0 Å². The molecule has 1 aromatic carbocycles. The lowest BCUT2D eigenvalue weighted by Crippen LogP contribution is -2.48. The lowest BCUT2D eigenvalue weighted by molar-refractivity contribution is -0.122. The number of carbonyl (C=O) groups is 1. The molecule has 0 saturated heterocycles. The van der Waals surface area contributed by atoms with Crippen LogP contribution in [-0.4, -0.2) is 30.2 Å². The van der Waals surface area contributed by atoms with Crippen LogP contribution in [0, 0.1) is 0 Å². The van der Waals surface area contributed by atoms with Crippen molar-refractivity contribution >= 4 is 23.2 Å². The zero-order valence-corrected chi connectivity index (χ0v) is 12.2. The van der Waals surface area contributed by atoms with Crippen molar-refractivity contribution in [3.63, 3.8) is 0 Å². The Morgan fingerprint density at radius 2 is 1.95 bits per heavy atom. The number of rotatable bonds is 6. The molecule has 0 unspecified atom stereocenters. The van der Waals surface area contributed by atoms with Gasteiger partial charge in [-0.25, -0.2) is 0 Å². The summed E-state index contributed by atoms with van der Waals surface area (Å²) in [4.78, 5) is 11.5. The zero-order valence-electron chi connectivity index (χ0n) is 11.4. The summed E-state index contributed by atoms with van der Waals surface area (Å²) < 4.78 is 0. The molecule has 1 aromatic rings. The van der Waals surface area contributed by atoms with Gasteiger partial charge in [0.2, 0.25) is 5.91 Å². The van der Waals surface area contributed by atoms with E-state index in [2.05, 4.69) is 28.1 Å². The van der Waals surface area contributed by atoms with Gasteiger partial charge in [0.25, 0.3) is 0 Å². The second-order valence-corrected chi connectivity index (χ2v) is 4.66. The Balaban J connectivity index is 2.23. The Hall–Kier alpha value is -1.62. The third-order valence-electron chi connectivity index (χ3n) is 2.63. The maximum absolute atomic E-state index is 11.5. The molecule has 4 nitrogen and oxygen atoms in total. The molecule has 0 spiro atoms. The predicted octanol–water partition coefficient (Wildman–Crippen LogP) is 1.22. The molecule has 0 saturated carbocycles. The molecule has 0 heterocycles. The summed E-state index contributed by atoms with van der Waals surface area (Å²) in [6, 6.07) is 9.87. The van der Waals surface area contributed by atoms with Crippen LogP contribution in [0.25, 0.3) is 0 Å². The Kier molecular flexibility index (Phi) is 6.89. The van der Waals surface area contributed by atoms with Crippen LogP contribution in [0.2, 0.25) is 0 Å². The van der Waals surface area contributed by atoms with E-state index < -0.39 is 0 Å². The van der Waals surface area contributed by atoms with E-state index >= 15 is 0 Å². The van der Waals surface area contributed by atoms with E-state index in [9.17, 15) is 4.79 Å². The van der Waals surface area contributed by atoms with Gasteiger partial charge in [0.1, 0.15) is 6.04 Å². The van der Waals surface area contributed by atoms with Gasteiger partial charge >= 0.3 is 0 Å². The topological polar surface area (TPSA) is 53.2 Å². The van der Waals surface area contributed by atoms with Gasteiger partial charge in [-0.3, -0.25) is 4.79 Å². The molecular weight excluding hydrogens is 258 g/mol. The van der Waals surface area contributed by atoms with E-state index in [1.807, 2.05) is 25.1 Å². The molecule has 1 rings (SSSR count). The van der Waals surface area contributed by atoms with Crippen molar-refractivity contribution in [1.82, 2.24) is 16.0 Å². The number of hydrogen-bond acceptors (Lipinski definition) is 2. The highest BCUT2D eigenvalue weighted by Gasteiger charge is 2.11. The monoisotopic (exact) mass is 279 g/mol. The second kappa shape index (κ2) is 8.48. The van der Waals surface area contributed by atoms with Gasteiger partial charge in [-0.1, -0.05) is 30.3 Å². The smallest absolute Gasteiger partial charge is 0.242 e. The van der Waals surface area contributed by atoms with Crippen molar-refractivity contribution in [1.29, 1.82) is 0 Å². The average molecular weight is 279 g/mol. The van der Waals surface area contributed by atoms with Crippen LogP contribution < -0.4 is 16.0 Å². The van der Waals surface area contributed by atoms with Crippen LogP contribution in [0.5, 0.6) is 0 Å². The Labute approximate surface area is 120 Å². The van der Waals surface area contributed by atoms with Gasteiger partial charge in [-0.2, -0.15) is 0 Å². The zero-order chi connectivity index (χ0) is 14.1. The third-order valence-corrected chi connectivity index (χ3v) is 2.90. The summed E-state index contributed by atoms with van der Waals surface area (Å²) in [6.07, 6.45) is 0.901. The van der Waals surface area contributed by atoms with E-state index in [1.165, 1.54) is 5.56 Å². The first kappa shape index (κ1) is 15.4. The summed E-state index contributed by atoms with van der Waals surface area (Å²) in [5.41, 5.74) is 1.26. The molecule has 0 fully saturated rings. The van der Waals surface area contributed by atoms with Crippen LogP contribution in [0.3, 0.4) is 0 Å². The second-order valence-electron chi connectivity index (χ2n) is 4.25. The van der Waals surface area contributed by atoms with E-state index in [0.29, 0.717) is 11.7 Å². The van der Waals surface area contributed by atoms with Crippen LogP contribution in [0.15, 0.2) is 30.3 Å². The van der Waals surface area contributed by atoms with E-state index in [4.69, 9.17) is 12.2 Å². The highest BCUT2D eigenvalue weighted by Crippen LogP contribution is 1.98. The molecule has 0 radical (unpaired) electrons. The first-order valence-corrected chi connectivity index (χ1v) is 6.90. The summed E-state index contributed by atoms with van der Waals surface area (Å²) in [5, 5.41) is 9.31. The number of nitrogens with one attached hydrogen (secondary N) is 3. The molecule has 0 aliphatic heterocycles. The summed E-state index contributed by atoms with van der Waals surface area (Å²) in [6.45, 7) is 5.05. The Bertz CT molecular complexity index is 408. The van der Waals surface area contributed by atoms with Crippen LogP contribution in [0.1, 0.15) is 19.4 Å². The highest BCUT2D eigenvalue weighted by atomic mass is 32.1. The molecule has 0 aliphatic carbocycles. The lowest BCUT2D eigenvalue weighted by Gasteiger charge is -2.16. The first-order chi connectivity index (χ1) is 9.13. The van der Waals surface area contributed by atoms with Crippen LogP contribution in [-0.2, 0) is 11.2 Å². The normalized spacial score (nSPS) is 11.5.